The van der Waals surface area contributed by atoms with Gasteiger partial charge < -0.3 is 4.90 Å². The molecule has 0 amide bonds. The van der Waals surface area contributed by atoms with E-state index in [1.54, 1.807) is 35.2 Å². The second-order valence-corrected chi connectivity index (χ2v) is 6.98. The maximum absolute atomic E-state index is 13.5. The molecule has 0 unspecified atom stereocenters. The van der Waals surface area contributed by atoms with E-state index < -0.39 is 21.4 Å². The zero-order valence-electron chi connectivity index (χ0n) is 12.4. The van der Waals surface area contributed by atoms with Crippen LogP contribution in [0.3, 0.4) is 0 Å². The Morgan fingerprint density at radius 3 is 2.48 bits per heavy atom. The van der Waals surface area contributed by atoms with Crippen molar-refractivity contribution in [3.63, 3.8) is 0 Å². The van der Waals surface area contributed by atoms with Crippen molar-refractivity contribution in [3.8, 4) is 0 Å². The number of carbonyl (C=O) groups excluding carboxylic acids is 1. The predicted octanol–water partition coefficient (Wildman–Crippen LogP) is 3.16. The highest BCUT2D eigenvalue weighted by molar-refractivity contribution is 7.96. The number of hydrogen-bond donors (Lipinski definition) is 0. The summed E-state index contributed by atoms with van der Waals surface area (Å²) in [5, 5.41) is 0. The molecule has 1 aliphatic heterocycles. The smallest absolute Gasteiger partial charge is 0.214 e. The number of fused-ring (bicyclic) bond motifs is 1. The molecule has 0 spiro atoms. The molecule has 0 aromatic heterocycles. The molecule has 3 rings (SSSR count). The molecule has 0 saturated heterocycles. The first-order chi connectivity index (χ1) is 10.9. The Balaban J connectivity index is 2.19. The summed E-state index contributed by atoms with van der Waals surface area (Å²) in [6.07, 6.45) is 1.32. The third-order valence-electron chi connectivity index (χ3n) is 3.68. The summed E-state index contributed by atoms with van der Waals surface area (Å²) in [5.74, 6) is -1.25. The van der Waals surface area contributed by atoms with Gasteiger partial charge in [-0.3, -0.25) is 4.79 Å². The number of anilines is 1. The Kier molecular flexibility index (Phi) is 3.77. The van der Waals surface area contributed by atoms with Crippen LogP contribution < -0.4 is 4.90 Å². The van der Waals surface area contributed by atoms with E-state index in [0.29, 0.717) is 12.2 Å². The normalized spacial score (nSPS) is 15.7. The number of ketones is 1. The molecular formula is C17H14FNO3S. The Hall–Kier alpha value is -2.47. The number of benzene rings is 2. The minimum Gasteiger partial charge on any atom is -0.346 e. The van der Waals surface area contributed by atoms with Crippen LogP contribution in [0, 0.1) is 5.82 Å². The SMILES string of the molecule is CCN1C=C(C(=O)c2ccccc2)S(=O)(=O)c2cc(F)ccc21. The quantitative estimate of drug-likeness (QED) is 0.811. The van der Waals surface area contributed by atoms with Crippen molar-refractivity contribution in [2.24, 2.45) is 0 Å². The fourth-order valence-corrected chi connectivity index (χ4v) is 4.11. The minimum absolute atomic E-state index is 0.180. The van der Waals surface area contributed by atoms with E-state index in [-0.39, 0.29) is 15.4 Å². The summed E-state index contributed by atoms with van der Waals surface area (Å²) in [4.78, 5) is 13.7. The number of nitrogens with zero attached hydrogens (tertiary/aromatic N) is 1. The molecule has 1 aliphatic rings. The maximum atomic E-state index is 13.5. The molecule has 2 aromatic rings. The van der Waals surface area contributed by atoms with E-state index in [0.717, 1.165) is 6.07 Å². The Labute approximate surface area is 133 Å². The summed E-state index contributed by atoms with van der Waals surface area (Å²) >= 11 is 0. The number of carbonyl (C=O) groups is 1. The lowest BCUT2D eigenvalue weighted by Gasteiger charge is -2.27. The molecule has 0 atom stereocenters. The van der Waals surface area contributed by atoms with Crippen molar-refractivity contribution in [1.82, 2.24) is 0 Å². The van der Waals surface area contributed by atoms with Gasteiger partial charge in [-0.15, -0.1) is 0 Å². The molecule has 6 heteroatoms. The summed E-state index contributed by atoms with van der Waals surface area (Å²) in [7, 11) is -4.07. The van der Waals surface area contributed by atoms with Crippen LogP contribution in [-0.2, 0) is 9.84 Å². The number of rotatable bonds is 3. The van der Waals surface area contributed by atoms with Crippen molar-refractivity contribution < 1.29 is 17.6 Å². The first-order valence-electron chi connectivity index (χ1n) is 7.08. The largest absolute Gasteiger partial charge is 0.346 e. The van der Waals surface area contributed by atoms with Crippen LogP contribution in [0.2, 0.25) is 0 Å². The number of Topliss-reactive ketones (excluding diaryl/α,β-unsaturated/α-hetero) is 1. The van der Waals surface area contributed by atoms with Gasteiger partial charge in [-0.05, 0) is 25.1 Å². The van der Waals surface area contributed by atoms with Gasteiger partial charge in [-0.1, -0.05) is 30.3 Å². The molecule has 118 valence electrons. The van der Waals surface area contributed by atoms with Gasteiger partial charge in [0.1, 0.15) is 10.7 Å². The molecule has 1 heterocycles. The molecule has 23 heavy (non-hydrogen) atoms. The van der Waals surface area contributed by atoms with Gasteiger partial charge in [0.15, 0.2) is 0 Å². The van der Waals surface area contributed by atoms with Crippen molar-refractivity contribution in [2.45, 2.75) is 11.8 Å². The summed E-state index contributed by atoms with van der Waals surface area (Å²) in [6.45, 7) is 2.28. The Morgan fingerprint density at radius 2 is 1.83 bits per heavy atom. The Morgan fingerprint density at radius 1 is 1.13 bits per heavy atom. The predicted molar refractivity (Wildman–Crippen MR) is 85.5 cm³/mol. The minimum atomic E-state index is -4.07. The monoisotopic (exact) mass is 331 g/mol. The van der Waals surface area contributed by atoms with Crippen LogP contribution in [0.5, 0.6) is 0 Å². The first-order valence-corrected chi connectivity index (χ1v) is 8.56. The molecule has 2 aromatic carbocycles. The number of sulfone groups is 1. The first kappa shape index (κ1) is 15.4. The second kappa shape index (κ2) is 5.62. The molecule has 0 N–H and O–H groups in total. The van der Waals surface area contributed by atoms with Crippen molar-refractivity contribution in [3.05, 3.63) is 71.0 Å². The second-order valence-electron chi connectivity index (χ2n) is 5.09. The van der Waals surface area contributed by atoms with Crippen molar-refractivity contribution in [2.75, 3.05) is 11.4 Å². The zero-order valence-corrected chi connectivity index (χ0v) is 13.2. The van der Waals surface area contributed by atoms with Crippen LogP contribution in [0.1, 0.15) is 17.3 Å². The van der Waals surface area contributed by atoms with Crippen molar-refractivity contribution >= 4 is 21.3 Å². The Bertz CT molecular complexity index is 905. The van der Waals surface area contributed by atoms with Crippen LogP contribution in [-0.4, -0.2) is 20.7 Å². The molecule has 0 fully saturated rings. The highest BCUT2D eigenvalue weighted by Gasteiger charge is 2.35. The van der Waals surface area contributed by atoms with E-state index in [4.69, 9.17) is 0 Å². The topological polar surface area (TPSA) is 54.5 Å². The van der Waals surface area contributed by atoms with Gasteiger partial charge in [-0.2, -0.15) is 0 Å². The molecule has 0 aliphatic carbocycles. The maximum Gasteiger partial charge on any atom is 0.214 e. The lowest BCUT2D eigenvalue weighted by molar-refractivity contribution is 0.104. The number of halogens is 1. The average Bonchev–Trinajstić information content (AvgIpc) is 2.56. The van der Waals surface area contributed by atoms with E-state index in [1.807, 2.05) is 6.92 Å². The zero-order chi connectivity index (χ0) is 16.6. The van der Waals surface area contributed by atoms with E-state index in [9.17, 15) is 17.6 Å². The molecule has 4 nitrogen and oxygen atoms in total. The standard InChI is InChI=1S/C17H14FNO3S/c1-2-19-11-16(17(20)12-6-4-3-5-7-12)23(21,22)15-10-13(18)8-9-14(15)19/h3-11H,2H2,1H3. The number of allylic oxidation sites excluding steroid dienone is 1. The van der Waals surface area contributed by atoms with Gasteiger partial charge in [0.05, 0.1) is 10.6 Å². The van der Waals surface area contributed by atoms with Gasteiger partial charge in [-0.25, -0.2) is 12.8 Å². The highest BCUT2D eigenvalue weighted by atomic mass is 32.2. The third-order valence-corrected chi connectivity index (χ3v) is 5.46. The molecule has 0 radical (unpaired) electrons. The average molecular weight is 331 g/mol. The van der Waals surface area contributed by atoms with Gasteiger partial charge in [0, 0.05) is 18.3 Å². The lowest BCUT2D eigenvalue weighted by Crippen LogP contribution is -2.28. The molecular weight excluding hydrogens is 317 g/mol. The van der Waals surface area contributed by atoms with E-state index >= 15 is 0 Å². The van der Waals surface area contributed by atoms with Crippen LogP contribution in [0.25, 0.3) is 0 Å². The van der Waals surface area contributed by atoms with Crippen LogP contribution in [0.15, 0.2) is 64.5 Å². The molecule has 0 saturated carbocycles. The summed E-state index contributed by atoms with van der Waals surface area (Å²) in [6, 6.07) is 11.7. The van der Waals surface area contributed by atoms with Gasteiger partial charge >= 0.3 is 0 Å². The van der Waals surface area contributed by atoms with Crippen LogP contribution >= 0.6 is 0 Å². The summed E-state index contributed by atoms with van der Waals surface area (Å²) in [5.41, 5.74) is 0.650. The summed E-state index contributed by atoms with van der Waals surface area (Å²) < 4.78 is 39.0. The van der Waals surface area contributed by atoms with Gasteiger partial charge in [0.2, 0.25) is 15.6 Å². The third kappa shape index (κ3) is 2.55. The molecule has 0 bridgehead atoms. The highest BCUT2D eigenvalue weighted by Crippen LogP contribution is 2.36. The van der Waals surface area contributed by atoms with E-state index in [2.05, 4.69) is 0 Å². The van der Waals surface area contributed by atoms with Crippen molar-refractivity contribution in [1.29, 1.82) is 0 Å². The van der Waals surface area contributed by atoms with Crippen LogP contribution in [0.4, 0.5) is 10.1 Å². The fourth-order valence-electron chi connectivity index (χ4n) is 2.51. The van der Waals surface area contributed by atoms with Gasteiger partial charge in [0.25, 0.3) is 0 Å². The van der Waals surface area contributed by atoms with E-state index in [1.165, 1.54) is 18.3 Å². The lowest BCUT2D eigenvalue weighted by atomic mass is 10.1. The number of hydrogen-bond acceptors (Lipinski definition) is 4. The fraction of sp³-hybridized carbons (Fsp3) is 0.118.